The van der Waals surface area contributed by atoms with Crippen molar-refractivity contribution < 1.29 is 4.39 Å². The zero-order valence-corrected chi connectivity index (χ0v) is 15.0. The smallest absolute Gasteiger partial charge is 0.210 e. The second-order valence-corrected chi connectivity index (χ2v) is 6.82. The molecule has 3 aromatic rings. The van der Waals surface area contributed by atoms with E-state index in [1.165, 1.54) is 17.7 Å². The topological polar surface area (TPSA) is 24.3 Å². The molecule has 0 bridgehead atoms. The van der Waals surface area contributed by atoms with Gasteiger partial charge >= 0.3 is 0 Å². The first-order chi connectivity index (χ1) is 12.7. The van der Waals surface area contributed by atoms with Crippen molar-refractivity contribution in [2.75, 3.05) is 31.1 Å². The van der Waals surface area contributed by atoms with Gasteiger partial charge in [-0.25, -0.2) is 9.37 Å². The molecule has 0 spiro atoms. The molecule has 0 amide bonds. The van der Waals surface area contributed by atoms with E-state index in [2.05, 4.69) is 50.5 Å². The van der Waals surface area contributed by atoms with Gasteiger partial charge < -0.3 is 4.90 Å². The molecule has 1 fully saturated rings. The van der Waals surface area contributed by atoms with Crippen LogP contribution in [0.2, 0.25) is 0 Å². The molecule has 4 rings (SSSR count). The average Bonchev–Trinajstić information content (AvgIpc) is 3.15. The molecule has 0 aliphatic carbocycles. The maximum Gasteiger partial charge on any atom is 0.210 e. The summed E-state index contributed by atoms with van der Waals surface area (Å²) in [4.78, 5) is 9.33. The predicted octanol–water partition coefficient (Wildman–Crippen LogP) is 3.64. The van der Waals surface area contributed by atoms with Crippen LogP contribution < -0.4 is 4.90 Å². The summed E-state index contributed by atoms with van der Waals surface area (Å²) in [6.45, 7) is 6.77. The summed E-state index contributed by atoms with van der Waals surface area (Å²) in [5.41, 5.74) is 3.54. The maximum atomic E-state index is 13.0. The molecule has 0 N–H and O–H groups in total. The number of hydrogen-bond donors (Lipinski definition) is 0. The number of nitrogens with zero attached hydrogens (tertiary/aromatic N) is 4. The van der Waals surface area contributed by atoms with E-state index in [0.29, 0.717) is 0 Å². The van der Waals surface area contributed by atoms with Gasteiger partial charge in [0, 0.05) is 50.8 Å². The minimum absolute atomic E-state index is 0.179. The lowest BCUT2D eigenvalue weighted by Gasteiger charge is -2.35. The van der Waals surface area contributed by atoms with Crippen molar-refractivity contribution in [3.05, 3.63) is 77.9 Å². The summed E-state index contributed by atoms with van der Waals surface area (Å²) in [5.74, 6) is 0.816. The second-order valence-electron chi connectivity index (χ2n) is 6.82. The van der Waals surface area contributed by atoms with E-state index < -0.39 is 0 Å². The number of halogens is 1. The Kier molecular flexibility index (Phi) is 4.71. The van der Waals surface area contributed by atoms with Crippen molar-refractivity contribution in [3.8, 4) is 5.69 Å². The molecule has 0 radical (unpaired) electrons. The van der Waals surface area contributed by atoms with E-state index in [9.17, 15) is 4.39 Å². The van der Waals surface area contributed by atoms with Crippen molar-refractivity contribution in [1.29, 1.82) is 0 Å². The fraction of sp³-hybridized carbons (Fsp3) is 0.286. The monoisotopic (exact) mass is 350 g/mol. The number of hydrogen-bond acceptors (Lipinski definition) is 3. The molecule has 0 unspecified atom stereocenters. The second kappa shape index (κ2) is 7.30. The highest BCUT2D eigenvalue weighted by molar-refractivity contribution is 5.44. The summed E-state index contributed by atoms with van der Waals surface area (Å²) in [6.07, 6.45) is 3.88. The summed E-state index contributed by atoms with van der Waals surface area (Å²) in [7, 11) is 0. The molecule has 2 heterocycles. The molecular formula is C21H23FN4. The summed E-state index contributed by atoms with van der Waals surface area (Å²) in [6, 6.07) is 15.3. The molecule has 0 atom stereocenters. The normalized spacial score (nSPS) is 15.4. The number of imidazole rings is 1. The van der Waals surface area contributed by atoms with Gasteiger partial charge in [-0.3, -0.25) is 9.47 Å². The maximum absolute atomic E-state index is 13.0. The van der Waals surface area contributed by atoms with E-state index in [1.807, 2.05) is 24.5 Å². The Morgan fingerprint density at radius 1 is 0.923 bits per heavy atom. The molecule has 2 aromatic carbocycles. The van der Waals surface area contributed by atoms with Crippen LogP contribution in [0.25, 0.3) is 5.69 Å². The average molecular weight is 350 g/mol. The van der Waals surface area contributed by atoms with Crippen LogP contribution in [0.15, 0.2) is 60.9 Å². The largest absolute Gasteiger partial charge is 0.339 e. The molecule has 134 valence electrons. The van der Waals surface area contributed by atoms with E-state index in [-0.39, 0.29) is 5.82 Å². The predicted molar refractivity (Wildman–Crippen MR) is 102 cm³/mol. The Morgan fingerprint density at radius 3 is 2.31 bits per heavy atom. The first-order valence-corrected chi connectivity index (χ1v) is 9.01. The third kappa shape index (κ3) is 3.63. The number of rotatable bonds is 4. The van der Waals surface area contributed by atoms with Crippen LogP contribution in [0.1, 0.15) is 11.1 Å². The Bertz CT molecular complexity index is 846. The first-order valence-electron chi connectivity index (χ1n) is 9.01. The van der Waals surface area contributed by atoms with E-state index in [4.69, 9.17) is 0 Å². The van der Waals surface area contributed by atoms with Gasteiger partial charge in [-0.05, 0) is 36.8 Å². The van der Waals surface area contributed by atoms with Crippen molar-refractivity contribution in [3.63, 3.8) is 0 Å². The summed E-state index contributed by atoms with van der Waals surface area (Å²) < 4.78 is 15.2. The number of aromatic nitrogens is 2. The molecule has 26 heavy (non-hydrogen) atoms. The lowest BCUT2D eigenvalue weighted by Crippen LogP contribution is -2.46. The van der Waals surface area contributed by atoms with Crippen molar-refractivity contribution in [2.24, 2.45) is 0 Å². The van der Waals surface area contributed by atoms with Crippen LogP contribution in [0.4, 0.5) is 10.3 Å². The third-order valence-corrected chi connectivity index (χ3v) is 4.91. The van der Waals surface area contributed by atoms with Gasteiger partial charge in [0.2, 0.25) is 5.95 Å². The number of aryl methyl sites for hydroxylation is 1. The van der Waals surface area contributed by atoms with Gasteiger partial charge in [-0.1, -0.05) is 29.8 Å². The van der Waals surface area contributed by atoms with Gasteiger partial charge in [-0.15, -0.1) is 0 Å². The lowest BCUT2D eigenvalue weighted by atomic mass is 10.2. The molecule has 0 saturated carbocycles. The van der Waals surface area contributed by atoms with E-state index in [1.54, 1.807) is 0 Å². The molecule has 1 aliphatic heterocycles. The van der Waals surface area contributed by atoms with Crippen LogP contribution in [0.5, 0.6) is 0 Å². The van der Waals surface area contributed by atoms with E-state index >= 15 is 0 Å². The standard InChI is InChI=1S/C21H23FN4/c1-17-2-8-20(9-3-17)26-11-10-23-21(26)25-14-12-24(13-15-25)16-18-4-6-19(22)7-5-18/h2-11H,12-16H2,1H3. The highest BCUT2D eigenvalue weighted by atomic mass is 19.1. The van der Waals surface area contributed by atoms with Gasteiger partial charge in [0.1, 0.15) is 5.82 Å². The molecular weight excluding hydrogens is 327 g/mol. The lowest BCUT2D eigenvalue weighted by molar-refractivity contribution is 0.248. The van der Waals surface area contributed by atoms with Gasteiger partial charge in [0.05, 0.1) is 0 Å². The molecule has 1 aromatic heterocycles. The highest BCUT2D eigenvalue weighted by Gasteiger charge is 2.20. The first kappa shape index (κ1) is 16.8. The SMILES string of the molecule is Cc1ccc(-n2ccnc2N2CCN(Cc3ccc(F)cc3)CC2)cc1. The van der Waals surface area contributed by atoms with Crippen LogP contribution in [0, 0.1) is 12.7 Å². The van der Waals surface area contributed by atoms with E-state index in [0.717, 1.165) is 49.9 Å². The Hall–Kier alpha value is -2.66. The van der Waals surface area contributed by atoms with Crippen LogP contribution in [-0.4, -0.2) is 40.6 Å². The zero-order valence-electron chi connectivity index (χ0n) is 15.0. The van der Waals surface area contributed by atoms with Crippen molar-refractivity contribution in [2.45, 2.75) is 13.5 Å². The number of piperazine rings is 1. The Morgan fingerprint density at radius 2 is 1.62 bits per heavy atom. The molecule has 1 saturated heterocycles. The number of benzene rings is 2. The molecule has 1 aliphatic rings. The van der Waals surface area contributed by atoms with Crippen LogP contribution in [-0.2, 0) is 6.54 Å². The highest BCUT2D eigenvalue weighted by Crippen LogP contribution is 2.20. The van der Waals surface area contributed by atoms with Crippen LogP contribution in [0.3, 0.4) is 0 Å². The van der Waals surface area contributed by atoms with Crippen LogP contribution >= 0.6 is 0 Å². The van der Waals surface area contributed by atoms with Gasteiger partial charge in [-0.2, -0.15) is 0 Å². The minimum Gasteiger partial charge on any atom is -0.339 e. The van der Waals surface area contributed by atoms with Gasteiger partial charge in [0.25, 0.3) is 0 Å². The Balaban J connectivity index is 1.41. The third-order valence-electron chi connectivity index (χ3n) is 4.91. The quantitative estimate of drug-likeness (QED) is 0.718. The zero-order chi connectivity index (χ0) is 17.9. The number of anilines is 1. The summed E-state index contributed by atoms with van der Waals surface area (Å²) in [5, 5.41) is 0. The minimum atomic E-state index is -0.179. The molecule has 4 nitrogen and oxygen atoms in total. The fourth-order valence-electron chi connectivity index (χ4n) is 3.39. The summed E-state index contributed by atoms with van der Waals surface area (Å²) >= 11 is 0. The fourth-order valence-corrected chi connectivity index (χ4v) is 3.39. The van der Waals surface area contributed by atoms with Crippen molar-refractivity contribution in [1.82, 2.24) is 14.5 Å². The van der Waals surface area contributed by atoms with Crippen molar-refractivity contribution >= 4 is 5.95 Å². The molecule has 5 heteroatoms. The van der Waals surface area contributed by atoms with Gasteiger partial charge in [0.15, 0.2) is 0 Å². The Labute approximate surface area is 153 Å².